The number of aromatic nitrogens is 2. The Labute approximate surface area is 215 Å². The highest BCUT2D eigenvalue weighted by atomic mass is 35.5. The minimum Gasteiger partial charge on any atom is -0.268 e. The molecular formula is C25H21Cl3N2OS2. The molecule has 2 aromatic carbocycles. The standard InChI is InChI=1S/C25H21Cl3N2OS2/c1-13-3-8-18-21(9-13)33-23-22(18)24(31)30(17-7-4-14(2)19(27)11-17)25(29-23)32-12-15-5-6-16(26)10-20(15)28/h4-7,10-11,13H,3,8-9,12H2,1-2H3/t13-/m1/s1. The highest BCUT2D eigenvalue weighted by Crippen LogP contribution is 2.38. The maximum absolute atomic E-state index is 13.9. The zero-order valence-electron chi connectivity index (χ0n) is 18.1. The van der Waals surface area contributed by atoms with Crippen LogP contribution in [0.2, 0.25) is 15.1 Å². The van der Waals surface area contributed by atoms with Crippen molar-refractivity contribution in [3.8, 4) is 5.69 Å². The quantitative estimate of drug-likeness (QED) is 0.195. The number of nitrogens with zero attached hydrogens (tertiary/aromatic N) is 2. The summed E-state index contributed by atoms with van der Waals surface area (Å²) >= 11 is 22.0. The normalized spacial score (nSPS) is 15.7. The van der Waals surface area contributed by atoms with E-state index in [1.807, 2.05) is 37.3 Å². The van der Waals surface area contributed by atoms with Gasteiger partial charge in [0, 0.05) is 25.7 Å². The second-order valence-electron chi connectivity index (χ2n) is 8.52. The second-order valence-corrected chi connectivity index (χ2v) is 11.8. The average molecular weight is 536 g/mol. The van der Waals surface area contributed by atoms with Crippen LogP contribution in [0.5, 0.6) is 0 Å². The van der Waals surface area contributed by atoms with Crippen LogP contribution < -0.4 is 5.56 Å². The molecule has 33 heavy (non-hydrogen) atoms. The van der Waals surface area contributed by atoms with Gasteiger partial charge in [-0.25, -0.2) is 4.98 Å². The van der Waals surface area contributed by atoms with E-state index < -0.39 is 0 Å². The molecule has 0 amide bonds. The van der Waals surface area contributed by atoms with Crippen LogP contribution in [-0.2, 0) is 18.6 Å². The molecule has 0 saturated heterocycles. The first-order chi connectivity index (χ1) is 15.8. The predicted octanol–water partition coefficient (Wildman–Crippen LogP) is 8.13. The molecule has 8 heteroatoms. The van der Waals surface area contributed by atoms with Crippen LogP contribution >= 0.6 is 57.9 Å². The Morgan fingerprint density at radius 1 is 1.15 bits per heavy atom. The van der Waals surface area contributed by atoms with E-state index in [-0.39, 0.29) is 5.56 Å². The minimum atomic E-state index is -0.0309. The lowest BCUT2D eigenvalue weighted by atomic mass is 9.89. The third kappa shape index (κ3) is 4.46. The van der Waals surface area contributed by atoms with Crippen LogP contribution in [0.25, 0.3) is 15.9 Å². The summed E-state index contributed by atoms with van der Waals surface area (Å²) in [5.74, 6) is 1.19. The maximum atomic E-state index is 13.9. The third-order valence-electron chi connectivity index (χ3n) is 6.08. The van der Waals surface area contributed by atoms with Gasteiger partial charge in [0.1, 0.15) is 4.83 Å². The summed E-state index contributed by atoms with van der Waals surface area (Å²) in [6, 6.07) is 11.2. The molecule has 0 aliphatic heterocycles. The van der Waals surface area contributed by atoms with Gasteiger partial charge in [-0.2, -0.15) is 0 Å². The monoisotopic (exact) mass is 534 g/mol. The van der Waals surface area contributed by atoms with Gasteiger partial charge in [-0.3, -0.25) is 9.36 Å². The van der Waals surface area contributed by atoms with Crippen LogP contribution in [0.3, 0.4) is 0 Å². The van der Waals surface area contributed by atoms with Crippen molar-refractivity contribution < 1.29 is 0 Å². The SMILES string of the molecule is Cc1ccc(-n2c(SCc3ccc(Cl)cc3Cl)nc3sc4c(c3c2=O)CC[C@@H](C)C4)cc1Cl. The van der Waals surface area contributed by atoms with Crippen molar-refractivity contribution in [3.63, 3.8) is 0 Å². The van der Waals surface area contributed by atoms with Crippen LogP contribution in [0.4, 0.5) is 0 Å². The summed E-state index contributed by atoms with van der Waals surface area (Å²) in [7, 11) is 0. The molecule has 0 saturated carbocycles. The van der Waals surface area contributed by atoms with E-state index in [0.29, 0.717) is 31.9 Å². The Balaban J connectivity index is 1.67. The van der Waals surface area contributed by atoms with Crippen molar-refractivity contribution in [2.75, 3.05) is 0 Å². The van der Waals surface area contributed by atoms with Gasteiger partial charge >= 0.3 is 0 Å². The number of hydrogen-bond acceptors (Lipinski definition) is 4. The average Bonchev–Trinajstić information content (AvgIpc) is 3.13. The summed E-state index contributed by atoms with van der Waals surface area (Å²) in [5, 5.41) is 3.21. The van der Waals surface area contributed by atoms with Crippen molar-refractivity contribution in [2.45, 2.75) is 44.0 Å². The molecular weight excluding hydrogens is 515 g/mol. The molecule has 2 heterocycles. The van der Waals surface area contributed by atoms with Gasteiger partial charge in [0.2, 0.25) is 0 Å². The van der Waals surface area contributed by atoms with Crippen molar-refractivity contribution in [2.24, 2.45) is 5.92 Å². The van der Waals surface area contributed by atoms with Crippen LogP contribution in [-0.4, -0.2) is 9.55 Å². The maximum Gasteiger partial charge on any atom is 0.267 e. The summed E-state index contributed by atoms with van der Waals surface area (Å²) in [4.78, 5) is 21.0. The molecule has 0 radical (unpaired) electrons. The molecule has 1 aliphatic carbocycles. The Hall–Kier alpha value is -1.50. The lowest BCUT2D eigenvalue weighted by Crippen LogP contribution is -2.22. The topological polar surface area (TPSA) is 34.9 Å². The molecule has 1 aliphatic rings. The van der Waals surface area contributed by atoms with Gasteiger partial charge in [-0.1, -0.05) is 65.6 Å². The summed E-state index contributed by atoms with van der Waals surface area (Å²) < 4.78 is 1.70. The number of halogens is 3. The second kappa shape index (κ2) is 9.27. The van der Waals surface area contributed by atoms with E-state index in [4.69, 9.17) is 39.8 Å². The zero-order valence-corrected chi connectivity index (χ0v) is 22.0. The van der Waals surface area contributed by atoms with E-state index in [2.05, 4.69) is 6.92 Å². The third-order valence-corrected chi connectivity index (χ3v) is 9.21. The Bertz CT molecular complexity index is 1440. The molecule has 3 nitrogen and oxygen atoms in total. The lowest BCUT2D eigenvalue weighted by molar-refractivity contribution is 0.509. The summed E-state index contributed by atoms with van der Waals surface area (Å²) in [6.45, 7) is 4.22. The fourth-order valence-electron chi connectivity index (χ4n) is 4.20. The van der Waals surface area contributed by atoms with E-state index >= 15 is 0 Å². The summed E-state index contributed by atoms with van der Waals surface area (Å²) in [5.41, 5.74) is 3.77. The molecule has 0 bridgehead atoms. The first-order valence-electron chi connectivity index (χ1n) is 10.7. The van der Waals surface area contributed by atoms with Crippen LogP contribution in [0.15, 0.2) is 46.3 Å². The number of fused-ring (bicyclic) bond motifs is 3. The van der Waals surface area contributed by atoms with Gasteiger partial charge in [-0.05, 0) is 73.1 Å². The van der Waals surface area contributed by atoms with Gasteiger partial charge in [0.25, 0.3) is 5.56 Å². The van der Waals surface area contributed by atoms with E-state index in [9.17, 15) is 4.79 Å². The molecule has 4 aromatic rings. The molecule has 0 unspecified atom stereocenters. The molecule has 5 rings (SSSR count). The van der Waals surface area contributed by atoms with Gasteiger partial charge in [0.15, 0.2) is 5.16 Å². The van der Waals surface area contributed by atoms with E-state index in [1.54, 1.807) is 22.0 Å². The van der Waals surface area contributed by atoms with Crippen LogP contribution in [0.1, 0.15) is 34.9 Å². The van der Waals surface area contributed by atoms with Crippen LogP contribution in [0, 0.1) is 12.8 Å². The number of benzene rings is 2. The first kappa shape index (κ1) is 23.3. The van der Waals surface area contributed by atoms with Gasteiger partial charge in [-0.15, -0.1) is 11.3 Å². The number of aryl methyl sites for hydroxylation is 2. The Morgan fingerprint density at radius 3 is 2.73 bits per heavy atom. The molecule has 1 atom stereocenters. The van der Waals surface area contributed by atoms with Crippen molar-refractivity contribution in [3.05, 3.63) is 83.4 Å². The largest absolute Gasteiger partial charge is 0.268 e. The van der Waals surface area contributed by atoms with Crippen molar-refractivity contribution in [1.29, 1.82) is 0 Å². The fraction of sp³-hybridized carbons (Fsp3) is 0.280. The number of rotatable bonds is 4. The molecule has 0 N–H and O–H groups in total. The molecule has 0 spiro atoms. The Kier molecular flexibility index (Phi) is 6.53. The minimum absolute atomic E-state index is 0.0309. The predicted molar refractivity (Wildman–Crippen MR) is 142 cm³/mol. The molecule has 2 aromatic heterocycles. The van der Waals surface area contributed by atoms with E-state index in [1.165, 1.54) is 22.2 Å². The number of thioether (sulfide) groups is 1. The van der Waals surface area contributed by atoms with E-state index in [0.717, 1.165) is 46.3 Å². The number of hydrogen-bond donors (Lipinski definition) is 0. The molecule has 0 fully saturated rings. The smallest absolute Gasteiger partial charge is 0.267 e. The first-order valence-corrected chi connectivity index (χ1v) is 13.7. The van der Waals surface area contributed by atoms with Crippen molar-refractivity contribution in [1.82, 2.24) is 9.55 Å². The lowest BCUT2D eigenvalue weighted by Gasteiger charge is -2.18. The number of thiophene rings is 1. The van der Waals surface area contributed by atoms with Gasteiger partial charge < -0.3 is 0 Å². The molecule has 170 valence electrons. The zero-order chi connectivity index (χ0) is 23.3. The highest BCUT2D eigenvalue weighted by Gasteiger charge is 2.25. The van der Waals surface area contributed by atoms with Crippen molar-refractivity contribution >= 4 is 68.1 Å². The highest BCUT2D eigenvalue weighted by molar-refractivity contribution is 7.98. The van der Waals surface area contributed by atoms with Gasteiger partial charge in [0.05, 0.1) is 11.1 Å². The summed E-state index contributed by atoms with van der Waals surface area (Å²) in [6.07, 6.45) is 3.03. The fourth-order valence-corrected chi connectivity index (χ4v) is 7.37. The Morgan fingerprint density at radius 2 is 1.97 bits per heavy atom.